The number of nitro groups is 1. The van der Waals surface area contributed by atoms with Gasteiger partial charge in [-0.05, 0) is 6.07 Å². The van der Waals surface area contributed by atoms with Crippen LogP contribution in [0.2, 0.25) is 0 Å². The average Bonchev–Trinajstić information content (AvgIpc) is 2.16. The molecular weight excluding hydrogens is 169 g/mol. The van der Waals surface area contributed by atoms with E-state index in [4.69, 9.17) is 4.74 Å². The highest BCUT2D eigenvalue weighted by atomic mass is 16.6. The minimum Gasteiger partial charge on any atom is -0.490 e. The van der Waals surface area contributed by atoms with Crippen LogP contribution in [0.5, 0.6) is 5.75 Å². The fourth-order valence-corrected chi connectivity index (χ4v) is 1.09. The van der Waals surface area contributed by atoms with Crippen LogP contribution in [0.15, 0.2) is 18.2 Å². The third-order valence-corrected chi connectivity index (χ3v) is 1.85. The van der Waals surface area contributed by atoms with E-state index in [1.54, 1.807) is 12.1 Å². The van der Waals surface area contributed by atoms with Gasteiger partial charge in [0.1, 0.15) is 7.85 Å². The van der Waals surface area contributed by atoms with Crippen molar-refractivity contribution in [2.45, 2.75) is 6.32 Å². The van der Waals surface area contributed by atoms with Gasteiger partial charge in [-0.3, -0.25) is 10.1 Å². The van der Waals surface area contributed by atoms with Crippen LogP contribution in [0.25, 0.3) is 0 Å². The molecule has 0 aliphatic heterocycles. The van der Waals surface area contributed by atoms with Gasteiger partial charge in [0.25, 0.3) is 0 Å². The molecule has 0 amide bonds. The first kappa shape index (κ1) is 9.57. The standard InChI is InChI=1S/C8H10BNO3/c1-13-8-4-6(5-9)2-3-7(8)10(11)12/h2-4H,5,9H2,1H3. The van der Waals surface area contributed by atoms with Crippen LogP contribution in [0, 0.1) is 10.1 Å². The second-order valence-electron chi connectivity index (χ2n) is 2.62. The zero-order chi connectivity index (χ0) is 9.84. The minimum absolute atomic E-state index is 0.0136. The molecule has 0 spiro atoms. The zero-order valence-electron chi connectivity index (χ0n) is 7.61. The van der Waals surface area contributed by atoms with Crippen molar-refractivity contribution >= 4 is 13.5 Å². The number of ether oxygens (including phenoxy) is 1. The molecule has 0 N–H and O–H groups in total. The number of benzene rings is 1. The number of nitrogens with zero attached hydrogens (tertiary/aromatic N) is 1. The van der Waals surface area contributed by atoms with Crippen LogP contribution in [0.3, 0.4) is 0 Å². The fourth-order valence-electron chi connectivity index (χ4n) is 1.09. The highest BCUT2D eigenvalue weighted by Gasteiger charge is 2.13. The van der Waals surface area contributed by atoms with Gasteiger partial charge in [0.05, 0.1) is 12.0 Å². The van der Waals surface area contributed by atoms with Crippen LogP contribution in [0.1, 0.15) is 5.56 Å². The second-order valence-corrected chi connectivity index (χ2v) is 2.62. The normalized spacial score (nSPS) is 9.62. The summed E-state index contributed by atoms with van der Waals surface area (Å²) in [5, 5.41) is 10.5. The van der Waals surface area contributed by atoms with Crippen molar-refractivity contribution < 1.29 is 9.66 Å². The van der Waals surface area contributed by atoms with Gasteiger partial charge in [0.2, 0.25) is 0 Å². The summed E-state index contributed by atoms with van der Waals surface area (Å²) in [5.41, 5.74) is 1.04. The molecule has 0 saturated carbocycles. The number of rotatable bonds is 3. The first-order valence-corrected chi connectivity index (χ1v) is 4.00. The quantitative estimate of drug-likeness (QED) is 0.390. The van der Waals surface area contributed by atoms with E-state index in [1.165, 1.54) is 13.2 Å². The first-order valence-electron chi connectivity index (χ1n) is 4.00. The highest BCUT2D eigenvalue weighted by molar-refractivity contribution is 6.08. The van der Waals surface area contributed by atoms with Crippen molar-refractivity contribution in [3.05, 3.63) is 33.9 Å². The van der Waals surface area contributed by atoms with Crippen molar-refractivity contribution in [3.8, 4) is 5.75 Å². The van der Waals surface area contributed by atoms with E-state index < -0.39 is 4.92 Å². The lowest BCUT2D eigenvalue weighted by Crippen LogP contribution is -1.95. The first-order chi connectivity index (χ1) is 6.19. The molecule has 5 heteroatoms. The molecule has 0 saturated heterocycles. The minimum atomic E-state index is -0.446. The van der Waals surface area contributed by atoms with Gasteiger partial charge in [-0.15, -0.1) is 0 Å². The molecule has 13 heavy (non-hydrogen) atoms. The van der Waals surface area contributed by atoms with Crippen LogP contribution in [-0.2, 0) is 6.32 Å². The number of nitro benzene ring substituents is 1. The lowest BCUT2D eigenvalue weighted by Gasteiger charge is -2.02. The summed E-state index contributed by atoms with van der Waals surface area (Å²) in [7, 11) is 3.42. The van der Waals surface area contributed by atoms with Gasteiger partial charge >= 0.3 is 5.69 Å². The maximum Gasteiger partial charge on any atom is 0.310 e. The number of methoxy groups -OCH3 is 1. The van der Waals surface area contributed by atoms with E-state index in [0.29, 0.717) is 5.75 Å². The van der Waals surface area contributed by atoms with Crippen LogP contribution < -0.4 is 4.74 Å². The van der Waals surface area contributed by atoms with E-state index >= 15 is 0 Å². The Morgan fingerprint density at radius 3 is 2.77 bits per heavy atom. The summed E-state index contributed by atoms with van der Waals surface area (Å²) in [6.45, 7) is 0. The summed E-state index contributed by atoms with van der Waals surface area (Å²) < 4.78 is 4.91. The van der Waals surface area contributed by atoms with Gasteiger partial charge in [-0.1, -0.05) is 17.9 Å². The topological polar surface area (TPSA) is 52.4 Å². The molecule has 0 bridgehead atoms. The van der Waals surface area contributed by atoms with E-state index in [-0.39, 0.29) is 5.69 Å². The van der Waals surface area contributed by atoms with Crippen molar-refractivity contribution in [2.24, 2.45) is 0 Å². The summed E-state index contributed by atoms with van der Waals surface area (Å²) >= 11 is 0. The van der Waals surface area contributed by atoms with E-state index in [0.717, 1.165) is 11.9 Å². The van der Waals surface area contributed by atoms with E-state index in [1.807, 2.05) is 7.85 Å². The van der Waals surface area contributed by atoms with Gasteiger partial charge in [-0.25, -0.2) is 0 Å². The van der Waals surface area contributed by atoms with Crippen LogP contribution in [0.4, 0.5) is 5.69 Å². The van der Waals surface area contributed by atoms with Gasteiger partial charge in [-0.2, -0.15) is 0 Å². The molecule has 1 aromatic rings. The largest absolute Gasteiger partial charge is 0.490 e. The van der Waals surface area contributed by atoms with Crippen LogP contribution in [-0.4, -0.2) is 19.9 Å². The third-order valence-electron chi connectivity index (χ3n) is 1.85. The SMILES string of the molecule is BCc1ccc([N+](=O)[O-])c(OC)c1. The molecule has 0 unspecified atom stereocenters. The Morgan fingerprint density at radius 1 is 1.62 bits per heavy atom. The van der Waals surface area contributed by atoms with Gasteiger partial charge < -0.3 is 4.74 Å². The van der Waals surface area contributed by atoms with Crippen molar-refractivity contribution in [2.75, 3.05) is 7.11 Å². The Bertz CT molecular complexity index is 327. The Labute approximate surface area is 77.1 Å². The maximum atomic E-state index is 10.5. The number of hydrogen-bond donors (Lipinski definition) is 0. The van der Waals surface area contributed by atoms with Crippen LogP contribution >= 0.6 is 0 Å². The zero-order valence-corrected chi connectivity index (χ0v) is 7.61. The molecule has 1 aromatic carbocycles. The highest BCUT2D eigenvalue weighted by Crippen LogP contribution is 2.27. The maximum absolute atomic E-state index is 10.5. The Morgan fingerprint density at radius 2 is 2.31 bits per heavy atom. The molecule has 68 valence electrons. The smallest absolute Gasteiger partial charge is 0.310 e. The molecule has 0 radical (unpaired) electrons. The Balaban J connectivity index is 3.15. The molecule has 0 atom stereocenters. The third kappa shape index (κ3) is 1.99. The Hall–Kier alpha value is -1.52. The van der Waals surface area contributed by atoms with E-state index in [9.17, 15) is 10.1 Å². The predicted molar refractivity (Wildman–Crippen MR) is 51.9 cm³/mol. The molecule has 0 aliphatic carbocycles. The molecule has 1 rings (SSSR count). The lowest BCUT2D eigenvalue weighted by molar-refractivity contribution is -0.385. The van der Waals surface area contributed by atoms with Crippen molar-refractivity contribution in [3.63, 3.8) is 0 Å². The predicted octanol–water partition coefficient (Wildman–Crippen LogP) is 0.736. The molecule has 0 fully saturated rings. The van der Waals surface area contributed by atoms with E-state index in [2.05, 4.69) is 0 Å². The van der Waals surface area contributed by atoms with Gasteiger partial charge in [0.15, 0.2) is 5.75 Å². The summed E-state index contributed by atoms with van der Waals surface area (Å²) in [5.74, 6) is 0.323. The summed E-state index contributed by atoms with van der Waals surface area (Å²) in [6, 6.07) is 4.90. The molecule has 0 heterocycles. The molecule has 0 aliphatic rings. The van der Waals surface area contributed by atoms with Gasteiger partial charge in [0, 0.05) is 6.07 Å². The number of hydrogen-bond acceptors (Lipinski definition) is 3. The van der Waals surface area contributed by atoms with Crippen molar-refractivity contribution in [1.82, 2.24) is 0 Å². The Kier molecular flexibility index (Phi) is 2.90. The van der Waals surface area contributed by atoms with Crippen molar-refractivity contribution in [1.29, 1.82) is 0 Å². The average molecular weight is 179 g/mol. The monoisotopic (exact) mass is 179 g/mol. The summed E-state index contributed by atoms with van der Waals surface area (Å²) in [4.78, 5) is 10.1. The fraction of sp³-hybridized carbons (Fsp3) is 0.250. The molecular formula is C8H10BNO3. The molecule has 4 nitrogen and oxygen atoms in total. The lowest BCUT2D eigenvalue weighted by atomic mass is 9.97. The second kappa shape index (κ2) is 3.93. The summed E-state index contributed by atoms with van der Waals surface area (Å²) in [6.07, 6.45) is 0.842. The molecule has 0 aromatic heterocycles.